The molecule has 0 aliphatic carbocycles. The summed E-state index contributed by atoms with van der Waals surface area (Å²) in [5.74, 6) is -1.89. The Labute approximate surface area is 138 Å². The van der Waals surface area contributed by atoms with Crippen LogP contribution in [-0.4, -0.2) is 20.0 Å². The third kappa shape index (κ3) is 2.73. The average Bonchev–Trinajstić information content (AvgIpc) is 2.56. The molecule has 3 aromatic rings. The van der Waals surface area contributed by atoms with Crippen LogP contribution in [0.3, 0.4) is 0 Å². The Morgan fingerprint density at radius 1 is 0.417 bits per heavy atom. The Morgan fingerprint density at radius 2 is 0.625 bits per heavy atom. The van der Waals surface area contributed by atoms with Crippen LogP contribution < -0.4 is 9.81 Å². The Balaban J connectivity index is 2.33. The van der Waals surface area contributed by atoms with Crippen LogP contribution in [0.5, 0.6) is 0 Å². The number of rotatable bonds is 3. The zero-order chi connectivity index (χ0) is 17.4. The molecule has 0 N–H and O–H groups in total. The molecule has 6 heteroatoms. The van der Waals surface area contributed by atoms with Gasteiger partial charge in [-0.25, -0.2) is 0 Å². The molecular formula is C18H12BiF5. The van der Waals surface area contributed by atoms with E-state index in [0.29, 0.717) is 0 Å². The van der Waals surface area contributed by atoms with Crippen molar-refractivity contribution < 1.29 is 18.4 Å². The van der Waals surface area contributed by atoms with Crippen molar-refractivity contribution in [2.24, 2.45) is 0 Å². The van der Waals surface area contributed by atoms with Crippen LogP contribution in [0.15, 0.2) is 72.8 Å². The van der Waals surface area contributed by atoms with Crippen molar-refractivity contribution in [2.75, 3.05) is 0 Å². The first-order chi connectivity index (χ1) is 11.3. The Bertz CT molecular complexity index is 738. The molecule has 3 rings (SSSR count). The topological polar surface area (TPSA) is 0 Å². The second-order valence-corrected chi connectivity index (χ2v) is 18.4. The molecule has 0 aromatic heterocycles. The number of halogens is 5. The van der Waals surface area contributed by atoms with Gasteiger partial charge >= 0.3 is 138 Å². The number of hydrogen-bond donors (Lipinski definition) is 0. The first-order valence-electron chi connectivity index (χ1n) is 7.04. The number of hydrogen-bond acceptors (Lipinski definition) is 0. The second-order valence-electron chi connectivity index (χ2n) is 5.34. The first-order valence-corrected chi connectivity index (χ1v) is 14.9. The van der Waals surface area contributed by atoms with Crippen LogP contribution in [0.1, 0.15) is 0 Å². The maximum absolute atomic E-state index is 16.3. The molecule has 0 spiro atoms. The molecule has 0 fully saturated rings. The van der Waals surface area contributed by atoms with Crippen molar-refractivity contribution in [3.8, 4) is 0 Å². The maximum atomic E-state index is 16.3. The van der Waals surface area contributed by atoms with Gasteiger partial charge in [0, 0.05) is 0 Å². The van der Waals surface area contributed by atoms with Gasteiger partial charge in [0.2, 0.25) is 0 Å². The first kappa shape index (κ1) is 17.0. The summed E-state index contributed by atoms with van der Waals surface area (Å²) in [7, 11) is 0. The predicted octanol–water partition coefficient (Wildman–Crippen LogP) is 3.46. The predicted molar refractivity (Wildman–Crippen MR) is 86.1 cm³/mol. The summed E-state index contributed by atoms with van der Waals surface area (Å²) in [6, 6.07) is 12.1. The molecule has 0 atom stereocenters. The van der Waals surface area contributed by atoms with Crippen LogP contribution >= 0.6 is 0 Å². The summed E-state index contributed by atoms with van der Waals surface area (Å²) in [5, 5.41) is 0. The molecule has 0 nitrogen and oxygen atoms in total. The van der Waals surface area contributed by atoms with Gasteiger partial charge in [-0.1, -0.05) is 0 Å². The minimum atomic E-state index is -7.11. The SMILES string of the molecule is Fc1cc[c]([Bi]([F])([F])([c]2ccc(F)cc2)[c]2ccc(F)cc2)cc1. The molecule has 0 heterocycles. The van der Waals surface area contributed by atoms with Gasteiger partial charge in [-0.2, -0.15) is 0 Å². The molecule has 0 unspecified atom stereocenters. The van der Waals surface area contributed by atoms with Crippen molar-refractivity contribution in [1.29, 1.82) is 0 Å². The summed E-state index contributed by atoms with van der Waals surface area (Å²) in [4.78, 5) is 0. The molecule has 0 radical (unpaired) electrons. The van der Waals surface area contributed by atoms with Crippen molar-refractivity contribution >= 4 is 29.8 Å². The van der Waals surface area contributed by atoms with Crippen LogP contribution in [0, 0.1) is 17.5 Å². The van der Waals surface area contributed by atoms with Crippen LogP contribution in [0.4, 0.5) is 18.4 Å². The second kappa shape index (κ2) is 5.92. The van der Waals surface area contributed by atoms with Gasteiger partial charge in [-0.3, -0.25) is 0 Å². The molecule has 124 valence electrons. The summed E-state index contributed by atoms with van der Waals surface area (Å²) >= 11 is -7.11. The molecule has 0 saturated heterocycles. The monoisotopic (exact) mass is 532 g/mol. The third-order valence-electron chi connectivity index (χ3n) is 3.84. The fraction of sp³-hybridized carbons (Fsp3) is 0. The van der Waals surface area contributed by atoms with Gasteiger partial charge in [0.05, 0.1) is 0 Å². The zero-order valence-electron chi connectivity index (χ0n) is 12.3. The van der Waals surface area contributed by atoms with Crippen LogP contribution in [-0.2, 0) is 0 Å². The standard InChI is InChI=1S/3C6H4F.Bi.2FH/c3*7-6-4-2-1-3-5-6;;;/h3*2-5H;;2*1H/q;;;+2;;/p-2. The Kier molecular flexibility index (Phi) is 4.20. The van der Waals surface area contributed by atoms with E-state index >= 15 is 5.25 Å². The zero-order valence-corrected chi connectivity index (χ0v) is 15.7. The fourth-order valence-corrected chi connectivity index (χ4v) is 13.9. The molecule has 0 aliphatic heterocycles. The Morgan fingerprint density at radius 3 is 0.833 bits per heavy atom. The molecule has 0 saturated carbocycles. The molecule has 0 aliphatic rings. The van der Waals surface area contributed by atoms with E-state index in [0.717, 1.165) is 72.8 Å². The van der Waals surface area contributed by atoms with Gasteiger partial charge in [-0.15, -0.1) is 0 Å². The normalized spacial score (nSPS) is 13.3. The molecule has 24 heavy (non-hydrogen) atoms. The quantitative estimate of drug-likeness (QED) is 0.359. The van der Waals surface area contributed by atoms with Crippen LogP contribution in [0.2, 0.25) is 0 Å². The van der Waals surface area contributed by atoms with E-state index in [1.165, 1.54) is 0 Å². The minimum absolute atomic E-state index is 0.291. The summed E-state index contributed by atoms with van der Waals surface area (Å²) in [6.45, 7) is 0. The van der Waals surface area contributed by atoms with Gasteiger partial charge in [0.15, 0.2) is 0 Å². The van der Waals surface area contributed by atoms with E-state index < -0.39 is 37.5 Å². The van der Waals surface area contributed by atoms with E-state index in [-0.39, 0.29) is 9.81 Å². The van der Waals surface area contributed by atoms with Crippen molar-refractivity contribution in [1.82, 2.24) is 0 Å². The van der Waals surface area contributed by atoms with Crippen LogP contribution in [0.25, 0.3) is 0 Å². The van der Waals surface area contributed by atoms with Crippen molar-refractivity contribution in [2.45, 2.75) is 0 Å². The summed E-state index contributed by atoms with van der Waals surface area (Å²) in [6.07, 6.45) is 0. The van der Waals surface area contributed by atoms with Gasteiger partial charge < -0.3 is 0 Å². The van der Waals surface area contributed by atoms with E-state index in [2.05, 4.69) is 0 Å². The number of benzene rings is 3. The molecule has 0 amide bonds. The van der Waals surface area contributed by atoms with Crippen molar-refractivity contribution in [3.63, 3.8) is 0 Å². The van der Waals surface area contributed by atoms with Gasteiger partial charge in [-0.05, 0) is 0 Å². The average molecular weight is 532 g/mol. The van der Waals surface area contributed by atoms with Crippen molar-refractivity contribution in [3.05, 3.63) is 90.2 Å². The summed E-state index contributed by atoms with van der Waals surface area (Å²) in [5.41, 5.74) is 0. The van der Waals surface area contributed by atoms with E-state index in [1.54, 1.807) is 0 Å². The van der Waals surface area contributed by atoms with E-state index in [4.69, 9.17) is 0 Å². The summed E-state index contributed by atoms with van der Waals surface area (Å²) < 4.78 is 71.2. The third-order valence-corrected chi connectivity index (χ3v) is 17.9. The van der Waals surface area contributed by atoms with Gasteiger partial charge in [0.25, 0.3) is 0 Å². The molecule has 0 bridgehead atoms. The van der Waals surface area contributed by atoms with E-state index in [9.17, 15) is 13.2 Å². The van der Waals surface area contributed by atoms with E-state index in [1.807, 2.05) is 0 Å². The molecule has 3 aromatic carbocycles. The Hall–Kier alpha value is -1.81. The molecular weight excluding hydrogens is 520 g/mol. The fourth-order valence-electron chi connectivity index (χ4n) is 2.56. The van der Waals surface area contributed by atoms with Gasteiger partial charge in [0.1, 0.15) is 0 Å².